The number of carbonyl (C=O) groups is 1. The molecule has 0 aliphatic rings. The highest BCUT2D eigenvalue weighted by molar-refractivity contribution is 6.29. The number of hydrogen-bond donors (Lipinski definition) is 2. The number of pyridine rings is 1. The monoisotopic (exact) mass is 226 g/mol. The normalized spacial score (nSPS) is 9.73. The molecule has 80 valence electrons. The van der Waals surface area contributed by atoms with Gasteiger partial charge in [0.05, 0.1) is 12.2 Å². The smallest absolute Gasteiger partial charge is 0.339 e. The standard InChI is InChI=1S/C10H11ClN2O2/c1-6(11)4-13-9-3-7(2)12-5-8(9)10(14)15/h3,5H,1,4H2,2H3,(H,12,13)(H,14,15). The molecule has 0 aromatic carbocycles. The molecule has 1 aromatic heterocycles. The zero-order valence-corrected chi connectivity index (χ0v) is 9.01. The second-order valence-corrected chi connectivity index (χ2v) is 3.58. The first kappa shape index (κ1) is 11.5. The molecule has 0 radical (unpaired) electrons. The minimum Gasteiger partial charge on any atom is -0.478 e. The molecule has 1 rings (SSSR count). The topological polar surface area (TPSA) is 62.2 Å². The van der Waals surface area contributed by atoms with Crippen molar-refractivity contribution in [3.05, 3.63) is 35.1 Å². The summed E-state index contributed by atoms with van der Waals surface area (Å²) >= 11 is 5.58. The Kier molecular flexibility index (Phi) is 3.68. The number of aromatic nitrogens is 1. The first-order chi connectivity index (χ1) is 7.00. The van der Waals surface area contributed by atoms with Crippen molar-refractivity contribution in [2.45, 2.75) is 6.92 Å². The molecule has 1 heterocycles. The van der Waals surface area contributed by atoms with Crippen LogP contribution < -0.4 is 5.32 Å². The molecule has 0 amide bonds. The molecule has 2 N–H and O–H groups in total. The van der Waals surface area contributed by atoms with Crippen LogP contribution in [0, 0.1) is 6.92 Å². The zero-order valence-electron chi connectivity index (χ0n) is 8.25. The van der Waals surface area contributed by atoms with Crippen molar-refractivity contribution in [1.82, 2.24) is 4.98 Å². The van der Waals surface area contributed by atoms with Gasteiger partial charge in [-0.3, -0.25) is 4.98 Å². The van der Waals surface area contributed by atoms with Crippen LogP contribution in [0.5, 0.6) is 0 Å². The Morgan fingerprint density at radius 2 is 2.40 bits per heavy atom. The molecular formula is C10H11ClN2O2. The van der Waals surface area contributed by atoms with E-state index >= 15 is 0 Å². The minimum atomic E-state index is -1.02. The highest BCUT2D eigenvalue weighted by atomic mass is 35.5. The fraction of sp³-hybridized carbons (Fsp3) is 0.200. The van der Waals surface area contributed by atoms with Gasteiger partial charge in [0, 0.05) is 16.9 Å². The fourth-order valence-electron chi connectivity index (χ4n) is 1.07. The van der Waals surface area contributed by atoms with Crippen LogP contribution in [0.1, 0.15) is 16.1 Å². The second kappa shape index (κ2) is 4.79. The lowest BCUT2D eigenvalue weighted by Crippen LogP contribution is -2.08. The third-order valence-electron chi connectivity index (χ3n) is 1.74. The number of hydrogen-bond acceptors (Lipinski definition) is 3. The van der Waals surface area contributed by atoms with Crippen LogP contribution in [-0.4, -0.2) is 22.6 Å². The van der Waals surface area contributed by atoms with Gasteiger partial charge >= 0.3 is 5.97 Å². The summed E-state index contributed by atoms with van der Waals surface area (Å²) < 4.78 is 0. The average molecular weight is 227 g/mol. The van der Waals surface area contributed by atoms with Crippen LogP contribution in [0.4, 0.5) is 5.69 Å². The Hall–Kier alpha value is -1.55. The van der Waals surface area contributed by atoms with Gasteiger partial charge in [-0.15, -0.1) is 0 Å². The maximum Gasteiger partial charge on any atom is 0.339 e. The summed E-state index contributed by atoms with van der Waals surface area (Å²) in [6, 6.07) is 1.66. The average Bonchev–Trinajstić information content (AvgIpc) is 2.14. The van der Waals surface area contributed by atoms with E-state index in [4.69, 9.17) is 16.7 Å². The molecule has 0 saturated heterocycles. The summed E-state index contributed by atoms with van der Waals surface area (Å²) in [4.78, 5) is 14.8. The third kappa shape index (κ3) is 3.25. The quantitative estimate of drug-likeness (QED) is 0.827. The van der Waals surface area contributed by atoms with E-state index in [2.05, 4.69) is 16.9 Å². The molecule has 0 aliphatic heterocycles. The predicted molar refractivity (Wildman–Crippen MR) is 59.4 cm³/mol. The fourth-order valence-corrected chi connectivity index (χ4v) is 1.13. The highest BCUT2D eigenvalue weighted by Gasteiger charge is 2.10. The Balaban J connectivity index is 2.96. The number of carboxylic acid groups (broad SMARTS) is 1. The van der Waals surface area contributed by atoms with Gasteiger partial charge in [-0.1, -0.05) is 18.2 Å². The molecule has 0 fully saturated rings. The van der Waals surface area contributed by atoms with E-state index in [0.29, 0.717) is 17.3 Å². The summed E-state index contributed by atoms with van der Waals surface area (Å²) in [7, 11) is 0. The first-order valence-corrected chi connectivity index (χ1v) is 4.65. The maximum atomic E-state index is 10.8. The van der Waals surface area contributed by atoms with Gasteiger partial charge in [-0.05, 0) is 13.0 Å². The number of nitrogens with zero attached hydrogens (tertiary/aromatic N) is 1. The summed E-state index contributed by atoms with van der Waals surface area (Å²) in [5.41, 5.74) is 1.36. The lowest BCUT2D eigenvalue weighted by atomic mass is 10.2. The van der Waals surface area contributed by atoms with Crippen LogP contribution in [0.3, 0.4) is 0 Å². The number of aromatic carboxylic acids is 1. The van der Waals surface area contributed by atoms with Crippen molar-refractivity contribution in [3.8, 4) is 0 Å². The summed E-state index contributed by atoms with van der Waals surface area (Å²) in [5, 5.41) is 12.2. The van der Waals surface area contributed by atoms with Crippen molar-refractivity contribution < 1.29 is 9.90 Å². The lowest BCUT2D eigenvalue weighted by molar-refractivity contribution is 0.0697. The number of rotatable bonds is 4. The molecule has 4 nitrogen and oxygen atoms in total. The maximum absolute atomic E-state index is 10.8. The number of halogens is 1. The molecule has 0 aliphatic carbocycles. The van der Waals surface area contributed by atoms with E-state index in [1.165, 1.54) is 6.20 Å². The van der Waals surface area contributed by atoms with Crippen LogP contribution >= 0.6 is 11.6 Å². The van der Waals surface area contributed by atoms with Crippen LogP contribution in [0.25, 0.3) is 0 Å². The Bertz CT molecular complexity index is 404. The largest absolute Gasteiger partial charge is 0.478 e. The van der Waals surface area contributed by atoms with Crippen molar-refractivity contribution >= 4 is 23.3 Å². The summed E-state index contributed by atoms with van der Waals surface area (Å²) in [6.45, 7) is 5.62. The number of nitrogens with one attached hydrogen (secondary N) is 1. The van der Waals surface area contributed by atoms with Crippen LogP contribution in [-0.2, 0) is 0 Å². The summed E-state index contributed by atoms with van der Waals surface area (Å²) in [6.07, 6.45) is 1.32. The molecule has 0 bridgehead atoms. The summed E-state index contributed by atoms with van der Waals surface area (Å²) in [5.74, 6) is -1.02. The van der Waals surface area contributed by atoms with Crippen molar-refractivity contribution in [2.75, 3.05) is 11.9 Å². The highest BCUT2D eigenvalue weighted by Crippen LogP contribution is 2.16. The Morgan fingerprint density at radius 1 is 1.73 bits per heavy atom. The van der Waals surface area contributed by atoms with Gasteiger partial charge in [0.15, 0.2) is 0 Å². The van der Waals surface area contributed by atoms with Crippen LogP contribution in [0.2, 0.25) is 0 Å². The lowest BCUT2D eigenvalue weighted by Gasteiger charge is -2.08. The molecule has 0 saturated carbocycles. The third-order valence-corrected chi connectivity index (χ3v) is 1.88. The Morgan fingerprint density at radius 3 is 2.93 bits per heavy atom. The van der Waals surface area contributed by atoms with Gasteiger partial charge < -0.3 is 10.4 Å². The minimum absolute atomic E-state index is 0.124. The predicted octanol–water partition coefficient (Wildman–Crippen LogP) is 2.25. The number of aryl methyl sites for hydroxylation is 1. The van der Waals surface area contributed by atoms with E-state index in [0.717, 1.165) is 5.69 Å². The number of anilines is 1. The van der Waals surface area contributed by atoms with E-state index in [1.54, 1.807) is 13.0 Å². The molecule has 0 atom stereocenters. The van der Waals surface area contributed by atoms with Gasteiger partial charge in [-0.25, -0.2) is 4.79 Å². The van der Waals surface area contributed by atoms with Gasteiger partial charge in [-0.2, -0.15) is 0 Å². The molecule has 0 spiro atoms. The SMILES string of the molecule is C=C(Cl)CNc1cc(C)ncc1C(=O)O. The van der Waals surface area contributed by atoms with Gasteiger partial charge in [0.1, 0.15) is 5.56 Å². The van der Waals surface area contributed by atoms with Crippen LogP contribution in [0.15, 0.2) is 23.9 Å². The van der Waals surface area contributed by atoms with Crippen molar-refractivity contribution in [2.24, 2.45) is 0 Å². The zero-order chi connectivity index (χ0) is 11.4. The van der Waals surface area contributed by atoms with Gasteiger partial charge in [0.25, 0.3) is 0 Å². The molecule has 15 heavy (non-hydrogen) atoms. The van der Waals surface area contributed by atoms with Gasteiger partial charge in [0.2, 0.25) is 0 Å². The molecular weight excluding hydrogens is 216 g/mol. The van der Waals surface area contributed by atoms with Crippen molar-refractivity contribution in [1.29, 1.82) is 0 Å². The molecule has 5 heteroatoms. The van der Waals surface area contributed by atoms with E-state index < -0.39 is 5.97 Å². The first-order valence-electron chi connectivity index (χ1n) is 4.28. The second-order valence-electron chi connectivity index (χ2n) is 3.05. The molecule has 0 unspecified atom stereocenters. The van der Waals surface area contributed by atoms with E-state index in [1.807, 2.05) is 0 Å². The van der Waals surface area contributed by atoms with E-state index in [9.17, 15) is 4.79 Å². The van der Waals surface area contributed by atoms with E-state index in [-0.39, 0.29) is 5.56 Å². The van der Waals surface area contributed by atoms with Crippen molar-refractivity contribution in [3.63, 3.8) is 0 Å². The molecule has 1 aromatic rings. The Labute approximate surface area is 92.6 Å². The number of carboxylic acids is 1.